The molecule has 1 aliphatic rings. The van der Waals surface area contributed by atoms with E-state index in [0.29, 0.717) is 31.9 Å². The lowest BCUT2D eigenvalue weighted by molar-refractivity contribution is 0.0734. The maximum atomic E-state index is 13.2. The fourth-order valence-electron chi connectivity index (χ4n) is 3.47. The highest BCUT2D eigenvalue weighted by Gasteiger charge is 2.27. The molecular weight excluding hydrogens is 387 g/mol. The summed E-state index contributed by atoms with van der Waals surface area (Å²) in [6.45, 7) is 2.42. The summed E-state index contributed by atoms with van der Waals surface area (Å²) in [4.78, 5) is 29.5. The third kappa shape index (κ3) is 3.89. The number of hydrogen-bond donors (Lipinski definition) is 0. The molecule has 0 N–H and O–H groups in total. The van der Waals surface area contributed by atoms with Gasteiger partial charge in [-0.1, -0.05) is 18.2 Å². The van der Waals surface area contributed by atoms with E-state index in [1.807, 2.05) is 30.3 Å². The number of halogens is 1. The second-order valence-corrected chi connectivity index (χ2v) is 6.90. The van der Waals surface area contributed by atoms with Crippen LogP contribution in [0.4, 0.5) is 10.1 Å². The molecule has 1 saturated heterocycles. The van der Waals surface area contributed by atoms with Crippen LogP contribution in [0.25, 0.3) is 5.69 Å². The quantitative estimate of drug-likeness (QED) is 0.663. The maximum Gasteiger partial charge on any atom is 0.278 e. The molecule has 0 bridgehead atoms. The molecule has 0 saturated carbocycles. The number of carbonyl (C=O) groups excluding carboxylic acids is 1. The Morgan fingerprint density at radius 1 is 0.967 bits per heavy atom. The third-order valence-electron chi connectivity index (χ3n) is 5.08. The van der Waals surface area contributed by atoms with Crippen LogP contribution in [-0.4, -0.2) is 53.9 Å². The molecule has 1 aromatic heterocycles. The van der Waals surface area contributed by atoms with E-state index >= 15 is 0 Å². The molecule has 4 rings (SSSR count). The predicted octanol–water partition coefficient (Wildman–Crippen LogP) is 2.34. The van der Waals surface area contributed by atoms with E-state index < -0.39 is 11.4 Å². The Bertz CT molecular complexity index is 1090. The fraction of sp³-hybridized carbons (Fsp3) is 0.227. The van der Waals surface area contributed by atoms with Crippen molar-refractivity contribution in [3.63, 3.8) is 0 Å². The van der Waals surface area contributed by atoms with Crippen molar-refractivity contribution < 1.29 is 13.9 Å². The van der Waals surface area contributed by atoms with Crippen LogP contribution in [0.15, 0.2) is 65.5 Å². The minimum atomic E-state index is -0.469. The zero-order chi connectivity index (χ0) is 21.1. The predicted molar refractivity (Wildman–Crippen MR) is 111 cm³/mol. The summed E-state index contributed by atoms with van der Waals surface area (Å²) in [6, 6.07) is 16.6. The lowest BCUT2D eigenvalue weighted by Crippen LogP contribution is -2.49. The zero-order valence-electron chi connectivity index (χ0n) is 16.5. The molecule has 8 heteroatoms. The summed E-state index contributed by atoms with van der Waals surface area (Å²) >= 11 is 0. The van der Waals surface area contributed by atoms with Gasteiger partial charge < -0.3 is 14.5 Å². The number of hydrogen-bond acceptors (Lipinski definition) is 5. The van der Waals surface area contributed by atoms with Gasteiger partial charge in [-0.3, -0.25) is 9.59 Å². The van der Waals surface area contributed by atoms with Crippen LogP contribution in [0.5, 0.6) is 5.75 Å². The van der Waals surface area contributed by atoms with Gasteiger partial charge in [-0.15, -0.1) is 0 Å². The van der Waals surface area contributed by atoms with Crippen molar-refractivity contribution in [2.45, 2.75) is 0 Å². The van der Waals surface area contributed by atoms with E-state index in [1.54, 1.807) is 4.90 Å². The van der Waals surface area contributed by atoms with E-state index in [1.165, 1.54) is 37.4 Å². The number of aromatic nitrogens is 2. The van der Waals surface area contributed by atoms with Gasteiger partial charge in [0, 0.05) is 31.9 Å². The van der Waals surface area contributed by atoms with E-state index in [-0.39, 0.29) is 17.4 Å². The normalized spacial score (nSPS) is 13.9. The first-order chi connectivity index (χ1) is 14.6. The number of nitrogens with zero attached hydrogens (tertiary/aromatic N) is 4. The summed E-state index contributed by atoms with van der Waals surface area (Å²) in [5, 5.41) is 4.25. The fourth-order valence-corrected chi connectivity index (χ4v) is 3.47. The molecular formula is C22H21FN4O3. The monoisotopic (exact) mass is 408 g/mol. The Kier molecular flexibility index (Phi) is 5.47. The van der Waals surface area contributed by atoms with Crippen molar-refractivity contribution in [2.75, 3.05) is 38.2 Å². The van der Waals surface area contributed by atoms with Gasteiger partial charge in [0.25, 0.3) is 11.5 Å². The van der Waals surface area contributed by atoms with E-state index in [2.05, 4.69) is 10.00 Å². The number of methoxy groups -OCH3 is 1. The number of ether oxygens (including phenoxy) is 1. The van der Waals surface area contributed by atoms with Crippen LogP contribution in [0.3, 0.4) is 0 Å². The average Bonchev–Trinajstić information content (AvgIpc) is 2.80. The van der Waals surface area contributed by atoms with Crippen molar-refractivity contribution in [2.24, 2.45) is 0 Å². The lowest BCUT2D eigenvalue weighted by atomic mass is 10.2. The Balaban J connectivity index is 1.58. The van der Waals surface area contributed by atoms with Crippen molar-refractivity contribution in [1.82, 2.24) is 14.7 Å². The van der Waals surface area contributed by atoms with Crippen LogP contribution in [0, 0.1) is 5.82 Å². The maximum absolute atomic E-state index is 13.2. The number of benzene rings is 2. The number of rotatable bonds is 4. The molecule has 7 nitrogen and oxygen atoms in total. The molecule has 30 heavy (non-hydrogen) atoms. The lowest BCUT2D eigenvalue weighted by Gasteiger charge is -2.36. The molecule has 2 heterocycles. The molecule has 1 fully saturated rings. The topological polar surface area (TPSA) is 67.7 Å². The molecule has 0 radical (unpaired) electrons. The van der Waals surface area contributed by atoms with Gasteiger partial charge >= 0.3 is 0 Å². The first-order valence-corrected chi connectivity index (χ1v) is 9.60. The van der Waals surface area contributed by atoms with E-state index in [9.17, 15) is 14.0 Å². The summed E-state index contributed by atoms with van der Waals surface area (Å²) in [5.74, 6) is -0.614. The van der Waals surface area contributed by atoms with Crippen LogP contribution < -0.4 is 15.2 Å². The van der Waals surface area contributed by atoms with Crippen molar-refractivity contribution in [3.8, 4) is 11.4 Å². The number of amides is 1. The highest BCUT2D eigenvalue weighted by Crippen LogP contribution is 2.20. The van der Waals surface area contributed by atoms with Crippen LogP contribution in [0.1, 0.15) is 10.5 Å². The zero-order valence-corrected chi connectivity index (χ0v) is 16.5. The van der Waals surface area contributed by atoms with Gasteiger partial charge in [-0.2, -0.15) is 9.78 Å². The molecule has 0 aliphatic carbocycles. The van der Waals surface area contributed by atoms with Gasteiger partial charge in [0.15, 0.2) is 11.4 Å². The Morgan fingerprint density at radius 3 is 2.27 bits per heavy atom. The van der Waals surface area contributed by atoms with Gasteiger partial charge in [0.1, 0.15) is 5.82 Å². The summed E-state index contributed by atoms with van der Waals surface area (Å²) < 4.78 is 19.6. The van der Waals surface area contributed by atoms with Crippen molar-refractivity contribution in [3.05, 3.63) is 82.5 Å². The van der Waals surface area contributed by atoms with E-state index in [0.717, 1.165) is 10.4 Å². The molecule has 0 atom stereocenters. The molecule has 0 spiro atoms. The van der Waals surface area contributed by atoms with E-state index in [4.69, 9.17) is 4.74 Å². The SMILES string of the molecule is COc1cc(=O)n(-c2ccc(F)cc2)nc1C(=O)N1CCN(c2ccccc2)CC1. The third-order valence-corrected chi connectivity index (χ3v) is 5.08. The number of piperazine rings is 1. The Labute approximate surface area is 172 Å². The molecule has 3 aromatic rings. The van der Waals surface area contributed by atoms with Crippen LogP contribution >= 0.6 is 0 Å². The first-order valence-electron chi connectivity index (χ1n) is 9.60. The minimum absolute atomic E-state index is 0.0505. The highest BCUT2D eigenvalue weighted by molar-refractivity contribution is 5.95. The molecule has 0 unspecified atom stereocenters. The van der Waals surface area contributed by atoms with Gasteiger partial charge in [0.05, 0.1) is 18.9 Å². The molecule has 1 aliphatic heterocycles. The summed E-state index contributed by atoms with van der Waals surface area (Å²) in [5.41, 5.74) is 1.07. The van der Waals surface area contributed by atoms with Gasteiger partial charge in [-0.05, 0) is 36.4 Å². The van der Waals surface area contributed by atoms with Crippen molar-refractivity contribution >= 4 is 11.6 Å². The van der Waals surface area contributed by atoms with Gasteiger partial charge in [-0.25, -0.2) is 4.39 Å². The average molecular weight is 408 g/mol. The molecule has 1 amide bonds. The largest absolute Gasteiger partial charge is 0.494 e. The summed E-state index contributed by atoms with van der Waals surface area (Å²) in [7, 11) is 1.39. The smallest absolute Gasteiger partial charge is 0.278 e. The molecule has 2 aromatic carbocycles. The van der Waals surface area contributed by atoms with Crippen LogP contribution in [0.2, 0.25) is 0 Å². The van der Waals surface area contributed by atoms with Crippen LogP contribution in [-0.2, 0) is 0 Å². The molecule has 154 valence electrons. The summed E-state index contributed by atoms with van der Waals surface area (Å²) in [6.07, 6.45) is 0. The Morgan fingerprint density at radius 2 is 1.63 bits per heavy atom. The second-order valence-electron chi connectivity index (χ2n) is 6.90. The minimum Gasteiger partial charge on any atom is -0.494 e. The second kappa shape index (κ2) is 8.36. The van der Waals surface area contributed by atoms with Gasteiger partial charge in [0.2, 0.25) is 0 Å². The number of para-hydroxylation sites is 1. The standard InChI is InChI=1S/C22H21FN4O3/c1-30-19-15-20(28)27(18-9-7-16(23)8-10-18)24-21(19)22(29)26-13-11-25(12-14-26)17-5-3-2-4-6-17/h2-10,15H,11-14H2,1H3. The highest BCUT2D eigenvalue weighted by atomic mass is 19.1. The Hall–Kier alpha value is -3.68. The number of anilines is 1. The van der Waals surface area contributed by atoms with Crippen molar-refractivity contribution in [1.29, 1.82) is 0 Å². The first kappa shape index (κ1) is 19.6. The number of carbonyl (C=O) groups is 1.